The minimum absolute atomic E-state index is 0.00326. The number of hydrogen-bond acceptors (Lipinski definition) is 3. The zero-order valence-electron chi connectivity index (χ0n) is 14.4. The van der Waals surface area contributed by atoms with Gasteiger partial charge in [-0.1, -0.05) is 12.5 Å². The van der Waals surface area contributed by atoms with Crippen LogP contribution < -0.4 is 10.1 Å². The Morgan fingerprint density at radius 3 is 2.78 bits per heavy atom. The van der Waals surface area contributed by atoms with Crippen LogP contribution in [0.15, 0.2) is 12.1 Å². The van der Waals surface area contributed by atoms with Gasteiger partial charge < -0.3 is 10.1 Å². The van der Waals surface area contributed by atoms with Crippen LogP contribution in [0.3, 0.4) is 0 Å². The van der Waals surface area contributed by atoms with Gasteiger partial charge in [0, 0.05) is 19.2 Å². The summed E-state index contributed by atoms with van der Waals surface area (Å²) in [5, 5.41) is 2.82. The molecule has 1 amide bonds. The van der Waals surface area contributed by atoms with Gasteiger partial charge in [0.05, 0.1) is 12.6 Å². The number of carbonyl (C=O) groups is 1. The number of benzene rings is 1. The molecule has 0 radical (unpaired) electrons. The molecular formula is C19H28N2O2. The summed E-state index contributed by atoms with van der Waals surface area (Å²) in [6.07, 6.45) is 6.84. The van der Waals surface area contributed by atoms with Crippen molar-refractivity contribution in [3.63, 3.8) is 0 Å². The molecule has 4 nitrogen and oxygen atoms in total. The number of nitrogens with zero attached hydrogens (tertiary/aromatic N) is 1. The summed E-state index contributed by atoms with van der Waals surface area (Å²) in [5.41, 5.74) is 4.15. The number of piperidine rings is 1. The van der Waals surface area contributed by atoms with E-state index in [4.69, 9.17) is 4.74 Å². The van der Waals surface area contributed by atoms with Crippen LogP contribution >= 0.6 is 0 Å². The van der Waals surface area contributed by atoms with Crippen LogP contribution in [-0.2, 0) is 24.2 Å². The van der Waals surface area contributed by atoms with Crippen molar-refractivity contribution < 1.29 is 9.53 Å². The standard InChI is InChI=1S/C19H28N2O2/c1-3-23-18-12-15-8-6-7-14(15)11-16(18)13-21-10-5-4-9-17(21)19(22)20-2/h11-12,17H,3-10,13H2,1-2H3,(H,20,22)/t17-/m1/s1. The SMILES string of the molecule is CCOc1cc2c(cc1CN1CCCC[C@@H]1C(=O)NC)CCC2. The number of rotatable bonds is 5. The van der Waals surface area contributed by atoms with E-state index in [1.165, 1.54) is 42.4 Å². The quantitative estimate of drug-likeness (QED) is 0.908. The topological polar surface area (TPSA) is 41.6 Å². The van der Waals surface area contributed by atoms with Gasteiger partial charge in [-0.2, -0.15) is 0 Å². The van der Waals surface area contributed by atoms with Crippen molar-refractivity contribution in [3.05, 3.63) is 28.8 Å². The molecule has 1 fully saturated rings. The Morgan fingerprint density at radius 2 is 2.04 bits per heavy atom. The molecule has 1 aromatic carbocycles. The van der Waals surface area contributed by atoms with Crippen LogP contribution in [0.4, 0.5) is 0 Å². The average molecular weight is 316 g/mol. The first-order chi connectivity index (χ1) is 11.2. The largest absolute Gasteiger partial charge is 0.494 e. The van der Waals surface area contributed by atoms with E-state index in [1.54, 1.807) is 7.05 Å². The van der Waals surface area contributed by atoms with Gasteiger partial charge in [0.2, 0.25) is 5.91 Å². The first-order valence-corrected chi connectivity index (χ1v) is 8.96. The minimum atomic E-state index is -0.00326. The minimum Gasteiger partial charge on any atom is -0.494 e. The number of amides is 1. The molecule has 1 aliphatic heterocycles. The van der Waals surface area contributed by atoms with E-state index in [0.29, 0.717) is 6.61 Å². The van der Waals surface area contributed by atoms with Crippen LogP contribution in [0.2, 0.25) is 0 Å². The van der Waals surface area contributed by atoms with Gasteiger partial charge in [-0.25, -0.2) is 0 Å². The molecule has 3 rings (SSSR count). The number of likely N-dealkylation sites (N-methyl/N-ethyl adjacent to an activating group) is 1. The summed E-state index contributed by atoms with van der Waals surface area (Å²) in [6.45, 7) is 4.51. The van der Waals surface area contributed by atoms with Crippen molar-refractivity contribution in [1.29, 1.82) is 0 Å². The number of fused-ring (bicyclic) bond motifs is 1. The lowest BCUT2D eigenvalue weighted by Crippen LogP contribution is -2.48. The lowest BCUT2D eigenvalue weighted by Gasteiger charge is -2.34. The maximum atomic E-state index is 12.2. The second-order valence-corrected chi connectivity index (χ2v) is 6.61. The molecule has 1 aliphatic carbocycles. The fourth-order valence-corrected chi connectivity index (χ4v) is 3.93. The lowest BCUT2D eigenvalue weighted by molar-refractivity contribution is -0.127. The number of aryl methyl sites for hydroxylation is 2. The maximum absolute atomic E-state index is 12.2. The Hall–Kier alpha value is -1.55. The molecule has 0 spiro atoms. The van der Waals surface area contributed by atoms with E-state index in [2.05, 4.69) is 22.3 Å². The van der Waals surface area contributed by atoms with Crippen molar-refractivity contribution in [1.82, 2.24) is 10.2 Å². The fraction of sp³-hybridized carbons (Fsp3) is 0.632. The fourth-order valence-electron chi connectivity index (χ4n) is 3.93. The third-order valence-corrected chi connectivity index (χ3v) is 5.11. The Morgan fingerprint density at radius 1 is 1.26 bits per heavy atom. The van der Waals surface area contributed by atoms with Crippen LogP contribution in [0.5, 0.6) is 5.75 Å². The van der Waals surface area contributed by atoms with E-state index in [-0.39, 0.29) is 11.9 Å². The molecule has 2 aliphatic rings. The Bertz CT molecular complexity index is 571. The van der Waals surface area contributed by atoms with Gasteiger partial charge in [-0.3, -0.25) is 9.69 Å². The summed E-state index contributed by atoms with van der Waals surface area (Å²) < 4.78 is 5.90. The van der Waals surface area contributed by atoms with Gasteiger partial charge >= 0.3 is 0 Å². The Labute approximate surface area is 139 Å². The molecule has 126 valence electrons. The van der Waals surface area contributed by atoms with E-state index in [9.17, 15) is 4.79 Å². The summed E-state index contributed by atoms with van der Waals surface area (Å²) in [5.74, 6) is 1.15. The van der Waals surface area contributed by atoms with Crippen LogP contribution in [0.1, 0.15) is 49.3 Å². The third-order valence-electron chi connectivity index (χ3n) is 5.11. The molecule has 0 unspecified atom stereocenters. The molecule has 23 heavy (non-hydrogen) atoms. The molecule has 1 N–H and O–H groups in total. The van der Waals surface area contributed by atoms with Crippen LogP contribution in [0.25, 0.3) is 0 Å². The van der Waals surface area contributed by atoms with E-state index >= 15 is 0 Å². The lowest BCUT2D eigenvalue weighted by atomic mass is 9.99. The molecule has 1 aromatic rings. The highest BCUT2D eigenvalue weighted by Gasteiger charge is 2.29. The molecule has 1 saturated heterocycles. The maximum Gasteiger partial charge on any atom is 0.237 e. The van der Waals surface area contributed by atoms with Crippen molar-refractivity contribution in [2.75, 3.05) is 20.2 Å². The number of likely N-dealkylation sites (tertiary alicyclic amines) is 1. The highest BCUT2D eigenvalue weighted by molar-refractivity contribution is 5.81. The molecule has 0 aromatic heterocycles. The number of ether oxygens (including phenoxy) is 1. The van der Waals surface area contributed by atoms with Gasteiger partial charge in [0.25, 0.3) is 0 Å². The number of carbonyl (C=O) groups excluding carboxylic acids is 1. The van der Waals surface area contributed by atoms with E-state index < -0.39 is 0 Å². The van der Waals surface area contributed by atoms with E-state index in [0.717, 1.165) is 31.7 Å². The van der Waals surface area contributed by atoms with Gasteiger partial charge in [0.1, 0.15) is 5.75 Å². The molecule has 0 saturated carbocycles. The summed E-state index contributed by atoms with van der Waals surface area (Å²) >= 11 is 0. The number of nitrogens with one attached hydrogen (secondary N) is 1. The second kappa shape index (κ2) is 7.35. The normalized spacial score (nSPS) is 21.0. The predicted molar refractivity (Wildman–Crippen MR) is 91.8 cm³/mol. The van der Waals surface area contributed by atoms with Gasteiger partial charge in [-0.15, -0.1) is 0 Å². The average Bonchev–Trinajstić information content (AvgIpc) is 3.02. The highest BCUT2D eigenvalue weighted by Crippen LogP contribution is 2.32. The van der Waals surface area contributed by atoms with Crippen LogP contribution in [0, 0.1) is 0 Å². The first-order valence-electron chi connectivity index (χ1n) is 8.96. The first kappa shape index (κ1) is 16.3. The van der Waals surface area contributed by atoms with Crippen molar-refractivity contribution in [3.8, 4) is 5.75 Å². The summed E-state index contributed by atoms with van der Waals surface area (Å²) in [6, 6.07) is 4.56. The molecule has 1 heterocycles. The highest BCUT2D eigenvalue weighted by atomic mass is 16.5. The molecule has 0 bridgehead atoms. The molecular weight excluding hydrogens is 288 g/mol. The monoisotopic (exact) mass is 316 g/mol. The van der Waals surface area contributed by atoms with Crippen molar-refractivity contribution >= 4 is 5.91 Å². The summed E-state index contributed by atoms with van der Waals surface area (Å²) in [7, 11) is 1.73. The smallest absolute Gasteiger partial charge is 0.237 e. The zero-order chi connectivity index (χ0) is 16.2. The summed E-state index contributed by atoms with van der Waals surface area (Å²) in [4.78, 5) is 14.5. The Balaban J connectivity index is 1.84. The molecule has 1 atom stereocenters. The third kappa shape index (κ3) is 3.52. The van der Waals surface area contributed by atoms with Gasteiger partial charge in [0.15, 0.2) is 0 Å². The zero-order valence-corrected chi connectivity index (χ0v) is 14.4. The predicted octanol–water partition coefficient (Wildman–Crippen LogP) is 2.67. The Kier molecular flexibility index (Phi) is 5.21. The van der Waals surface area contributed by atoms with Crippen molar-refractivity contribution in [2.45, 2.75) is 58.0 Å². The number of hydrogen-bond donors (Lipinski definition) is 1. The van der Waals surface area contributed by atoms with Gasteiger partial charge in [-0.05, 0) is 62.8 Å². The molecule has 4 heteroatoms. The van der Waals surface area contributed by atoms with Crippen molar-refractivity contribution in [2.24, 2.45) is 0 Å². The van der Waals surface area contributed by atoms with Crippen LogP contribution in [-0.4, -0.2) is 37.0 Å². The van der Waals surface area contributed by atoms with E-state index in [1.807, 2.05) is 6.92 Å². The second-order valence-electron chi connectivity index (χ2n) is 6.61.